The number of imidazole rings is 1. The summed E-state index contributed by atoms with van der Waals surface area (Å²) in [6, 6.07) is 6.24. The summed E-state index contributed by atoms with van der Waals surface area (Å²) in [6.07, 6.45) is 4.52. The SMILES string of the molecule is Cc1ccc2c(c1)CCCN2C(=O)CCCn1cnc2c1c(=O)n(C)c(=O)n2C. The van der Waals surface area contributed by atoms with Gasteiger partial charge in [-0.2, -0.15) is 0 Å². The van der Waals surface area contributed by atoms with Gasteiger partial charge in [-0.25, -0.2) is 9.78 Å². The molecule has 29 heavy (non-hydrogen) atoms. The molecular weight excluding hydrogens is 370 g/mol. The zero-order valence-corrected chi connectivity index (χ0v) is 17.0. The lowest BCUT2D eigenvalue weighted by atomic mass is 9.99. The molecule has 0 aliphatic carbocycles. The predicted molar refractivity (Wildman–Crippen MR) is 111 cm³/mol. The van der Waals surface area contributed by atoms with E-state index < -0.39 is 5.69 Å². The van der Waals surface area contributed by atoms with Crippen molar-refractivity contribution >= 4 is 22.8 Å². The van der Waals surface area contributed by atoms with Crippen LogP contribution in [0.2, 0.25) is 0 Å². The molecule has 1 aromatic carbocycles. The van der Waals surface area contributed by atoms with Crippen LogP contribution < -0.4 is 16.1 Å². The molecule has 3 aromatic rings. The number of fused-ring (bicyclic) bond motifs is 2. The summed E-state index contributed by atoms with van der Waals surface area (Å²) in [5, 5.41) is 0. The molecule has 0 unspecified atom stereocenters. The molecule has 1 aliphatic rings. The minimum Gasteiger partial charge on any atom is -0.325 e. The van der Waals surface area contributed by atoms with Crippen molar-refractivity contribution in [1.29, 1.82) is 0 Å². The van der Waals surface area contributed by atoms with Crippen LogP contribution in [-0.4, -0.2) is 31.1 Å². The van der Waals surface area contributed by atoms with Gasteiger partial charge in [0.25, 0.3) is 5.56 Å². The van der Waals surface area contributed by atoms with Crippen molar-refractivity contribution in [2.75, 3.05) is 11.4 Å². The maximum absolute atomic E-state index is 12.8. The molecule has 8 nitrogen and oxygen atoms in total. The molecule has 4 rings (SSSR count). The Morgan fingerprint density at radius 1 is 1.17 bits per heavy atom. The van der Waals surface area contributed by atoms with Crippen molar-refractivity contribution in [3.8, 4) is 0 Å². The third-order valence-corrected chi connectivity index (χ3v) is 5.66. The van der Waals surface area contributed by atoms with Crippen LogP contribution in [-0.2, 0) is 31.9 Å². The summed E-state index contributed by atoms with van der Waals surface area (Å²) in [5.74, 6) is 0.0968. The lowest BCUT2D eigenvalue weighted by Gasteiger charge is -2.30. The Bertz CT molecular complexity index is 1220. The zero-order chi connectivity index (χ0) is 20.7. The molecule has 0 saturated heterocycles. The molecule has 8 heteroatoms. The lowest BCUT2D eigenvalue weighted by Crippen LogP contribution is -2.37. The highest BCUT2D eigenvalue weighted by Gasteiger charge is 2.22. The minimum atomic E-state index is -0.401. The number of hydrogen-bond acceptors (Lipinski definition) is 4. The summed E-state index contributed by atoms with van der Waals surface area (Å²) in [7, 11) is 3.06. The summed E-state index contributed by atoms with van der Waals surface area (Å²) in [5.41, 5.74) is 3.44. The molecule has 3 heterocycles. The van der Waals surface area contributed by atoms with Crippen molar-refractivity contribution in [3.63, 3.8) is 0 Å². The van der Waals surface area contributed by atoms with Gasteiger partial charge >= 0.3 is 5.69 Å². The summed E-state index contributed by atoms with van der Waals surface area (Å²) >= 11 is 0. The van der Waals surface area contributed by atoms with Gasteiger partial charge in [-0.15, -0.1) is 0 Å². The predicted octanol–water partition coefficient (Wildman–Crippen LogP) is 1.50. The van der Waals surface area contributed by atoms with E-state index in [0.29, 0.717) is 30.6 Å². The van der Waals surface area contributed by atoms with Gasteiger partial charge in [0.2, 0.25) is 5.91 Å². The number of nitrogens with zero attached hydrogens (tertiary/aromatic N) is 5. The van der Waals surface area contributed by atoms with Gasteiger partial charge in [0.05, 0.1) is 6.33 Å². The number of carbonyl (C=O) groups excluding carboxylic acids is 1. The first-order valence-electron chi connectivity index (χ1n) is 9.89. The monoisotopic (exact) mass is 395 g/mol. The molecule has 0 bridgehead atoms. The van der Waals surface area contributed by atoms with Gasteiger partial charge in [0, 0.05) is 39.3 Å². The van der Waals surface area contributed by atoms with Crippen LogP contribution >= 0.6 is 0 Å². The number of aryl methyl sites for hydroxylation is 4. The average Bonchev–Trinajstić information content (AvgIpc) is 3.14. The van der Waals surface area contributed by atoms with Gasteiger partial charge < -0.3 is 9.47 Å². The smallest absolute Gasteiger partial charge is 0.325 e. The Labute approximate surface area is 168 Å². The van der Waals surface area contributed by atoms with Crippen LogP contribution in [0.1, 0.15) is 30.4 Å². The lowest BCUT2D eigenvalue weighted by molar-refractivity contribution is -0.118. The maximum atomic E-state index is 12.8. The zero-order valence-electron chi connectivity index (χ0n) is 17.0. The molecule has 0 fully saturated rings. The number of amides is 1. The molecule has 1 amide bonds. The van der Waals surface area contributed by atoms with Crippen LogP contribution in [0.25, 0.3) is 11.2 Å². The highest BCUT2D eigenvalue weighted by atomic mass is 16.2. The quantitative estimate of drug-likeness (QED) is 0.670. The second-order valence-corrected chi connectivity index (χ2v) is 7.70. The van der Waals surface area contributed by atoms with Crippen molar-refractivity contribution in [1.82, 2.24) is 18.7 Å². The molecule has 0 saturated carbocycles. The van der Waals surface area contributed by atoms with E-state index in [1.165, 1.54) is 22.7 Å². The van der Waals surface area contributed by atoms with Crippen LogP contribution in [0, 0.1) is 6.92 Å². The number of rotatable bonds is 4. The van der Waals surface area contributed by atoms with E-state index in [-0.39, 0.29) is 11.5 Å². The maximum Gasteiger partial charge on any atom is 0.332 e. The Balaban J connectivity index is 1.50. The third-order valence-electron chi connectivity index (χ3n) is 5.66. The molecule has 0 radical (unpaired) electrons. The largest absolute Gasteiger partial charge is 0.332 e. The summed E-state index contributed by atoms with van der Waals surface area (Å²) < 4.78 is 4.18. The summed E-state index contributed by atoms with van der Waals surface area (Å²) in [4.78, 5) is 43.5. The van der Waals surface area contributed by atoms with Gasteiger partial charge in [-0.1, -0.05) is 17.7 Å². The molecule has 0 spiro atoms. The first-order chi connectivity index (χ1) is 13.9. The van der Waals surface area contributed by atoms with Crippen molar-refractivity contribution in [2.24, 2.45) is 14.1 Å². The Morgan fingerprint density at radius 3 is 2.76 bits per heavy atom. The van der Waals surface area contributed by atoms with Crippen LogP contribution in [0.5, 0.6) is 0 Å². The Morgan fingerprint density at radius 2 is 1.97 bits per heavy atom. The van der Waals surface area contributed by atoms with Gasteiger partial charge in [0.1, 0.15) is 0 Å². The summed E-state index contributed by atoms with van der Waals surface area (Å²) in [6.45, 7) is 3.30. The van der Waals surface area contributed by atoms with E-state index in [2.05, 4.69) is 18.0 Å². The molecular formula is C21H25N5O3. The number of anilines is 1. The highest BCUT2D eigenvalue weighted by molar-refractivity contribution is 5.94. The Kier molecular flexibility index (Phi) is 4.86. The van der Waals surface area contributed by atoms with Gasteiger partial charge in [-0.3, -0.25) is 18.7 Å². The molecule has 0 atom stereocenters. The normalized spacial score (nSPS) is 13.7. The minimum absolute atomic E-state index is 0.0968. The van der Waals surface area contributed by atoms with E-state index in [1.807, 2.05) is 17.0 Å². The topological polar surface area (TPSA) is 82.1 Å². The van der Waals surface area contributed by atoms with Crippen molar-refractivity contribution in [3.05, 3.63) is 56.5 Å². The van der Waals surface area contributed by atoms with Crippen LogP contribution in [0.4, 0.5) is 5.69 Å². The van der Waals surface area contributed by atoms with Gasteiger partial charge in [0.15, 0.2) is 11.2 Å². The fraction of sp³-hybridized carbons (Fsp3) is 0.429. The fourth-order valence-electron chi connectivity index (χ4n) is 4.09. The van der Waals surface area contributed by atoms with E-state index in [0.717, 1.165) is 29.6 Å². The third kappa shape index (κ3) is 3.28. The van der Waals surface area contributed by atoms with E-state index >= 15 is 0 Å². The molecule has 0 N–H and O–H groups in total. The molecule has 1 aliphatic heterocycles. The molecule has 152 valence electrons. The second kappa shape index (κ2) is 7.35. The number of benzene rings is 1. The number of carbonyl (C=O) groups is 1. The first kappa shape index (κ1) is 19.2. The standard InChI is InChI=1S/C21H25N5O3/c1-14-8-9-16-15(12-14)6-4-11-26(16)17(27)7-5-10-25-13-22-19-18(25)20(28)24(3)21(29)23(19)2/h8-9,12-13H,4-7,10-11H2,1-3H3. The van der Waals surface area contributed by atoms with E-state index in [1.54, 1.807) is 17.9 Å². The second-order valence-electron chi connectivity index (χ2n) is 7.70. The number of aromatic nitrogens is 4. The van der Waals surface area contributed by atoms with Crippen molar-refractivity contribution in [2.45, 2.75) is 39.2 Å². The van der Waals surface area contributed by atoms with Gasteiger partial charge in [-0.05, 0) is 37.8 Å². The molecule has 2 aromatic heterocycles. The number of hydrogen-bond donors (Lipinski definition) is 0. The fourth-order valence-corrected chi connectivity index (χ4v) is 4.09. The van der Waals surface area contributed by atoms with E-state index in [9.17, 15) is 14.4 Å². The highest BCUT2D eigenvalue weighted by Crippen LogP contribution is 2.28. The van der Waals surface area contributed by atoms with Crippen molar-refractivity contribution < 1.29 is 4.79 Å². The van der Waals surface area contributed by atoms with E-state index in [4.69, 9.17) is 0 Å². The average molecular weight is 395 g/mol. The van der Waals surface area contributed by atoms with Crippen LogP contribution in [0.3, 0.4) is 0 Å². The van der Waals surface area contributed by atoms with Crippen LogP contribution in [0.15, 0.2) is 34.1 Å². The Hall–Kier alpha value is -3.16. The first-order valence-corrected chi connectivity index (χ1v) is 9.89.